The molecule has 0 aliphatic rings. The molecule has 0 bridgehead atoms. The van der Waals surface area contributed by atoms with Gasteiger partial charge in [-0.2, -0.15) is 9.37 Å². The molecule has 3 aromatic rings. The van der Waals surface area contributed by atoms with Gasteiger partial charge < -0.3 is 14.8 Å². The van der Waals surface area contributed by atoms with Gasteiger partial charge in [-0.25, -0.2) is 14.1 Å². The molecule has 0 saturated carbocycles. The Bertz CT molecular complexity index is 1250. The molecule has 0 amide bonds. The van der Waals surface area contributed by atoms with Crippen LogP contribution in [-0.4, -0.2) is 53.3 Å². The standard InChI is InChI=1S/C26H35F2N5O3SSi/c1-17(2)20-14-19(27)15-21(18-7-9-29-22(28)13-18)24(20)30-25-31-26(37-11-8-23(34)35-3)32-33(25)16-36-10-12-38(4,5)6/h7,9,13-15,17H,8,10-12,16H2,1-6H3,(H,30,31,32). The minimum Gasteiger partial charge on any atom is -0.469 e. The number of carbonyl (C=O) groups is 1. The molecule has 0 unspecified atom stereocenters. The summed E-state index contributed by atoms with van der Waals surface area (Å²) in [5, 5.41) is 8.35. The summed E-state index contributed by atoms with van der Waals surface area (Å²) in [5.41, 5.74) is 2.25. The predicted molar refractivity (Wildman–Crippen MR) is 148 cm³/mol. The molecule has 0 radical (unpaired) electrons. The van der Waals surface area contributed by atoms with Gasteiger partial charge in [0.25, 0.3) is 0 Å². The second-order valence-corrected chi connectivity index (χ2v) is 17.0. The van der Waals surface area contributed by atoms with E-state index in [4.69, 9.17) is 9.47 Å². The highest BCUT2D eigenvalue weighted by atomic mass is 32.2. The molecular formula is C26H35F2N5O3SSi. The van der Waals surface area contributed by atoms with Crippen molar-refractivity contribution in [1.29, 1.82) is 0 Å². The third kappa shape index (κ3) is 8.60. The molecule has 2 aromatic heterocycles. The topological polar surface area (TPSA) is 91.2 Å². The highest BCUT2D eigenvalue weighted by molar-refractivity contribution is 7.99. The number of rotatable bonds is 13. The molecule has 2 heterocycles. The minimum atomic E-state index is -1.28. The number of halogens is 2. The summed E-state index contributed by atoms with van der Waals surface area (Å²) in [6.45, 7) is 11.5. The number of aromatic nitrogens is 4. The Labute approximate surface area is 227 Å². The Morgan fingerprint density at radius 2 is 1.97 bits per heavy atom. The maximum absolute atomic E-state index is 14.7. The number of nitrogens with zero attached hydrogens (tertiary/aromatic N) is 4. The summed E-state index contributed by atoms with van der Waals surface area (Å²) in [7, 11) is 0.0713. The SMILES string of the molecule is COC(=O)CCSc1nc(Nc2c(-c3ccnc(F)c3)cc(F)cc2C(C)C)n(COCC[Si](C)(C)C)n1. The van der Waals surface area contributed by atoms with Crippen LogP contribution in [0.15, 0.2) is 35.6 Å². The summed E-state index contributed by atoms with van der Waals surface area (Å²) in [6.07, 6.45) is 1.57. The monoisotopic (exact) mass is 563 g/mol. The zero-order valence-corrected chi connectivity index (χ0v) is 24.5. The summed E-state index contributed by atoms with van der Waals surface area (Å²) in [4.78, 5) is 19.8. The Balaban J connectivity index is 1.97. The largest absolute Gasteiger partial charge is 0.469 e. The van der Waals surface area contributed by atoms with Crippen molar-refractivity contribution < 1.29 is 23.0 Å². The van der Waals surface area contributed by atoms with E-state index in [-0.39, 0.29) is 25.0 Å². The average molecular weight is 564 g/mol. The number of anilines is 2. The highest BCUT2D eigenvalue weighted by Gasteiger charge is 2.20. The van der Waals surface area contributed by atoms with Gasteiger partial charge in [-0.1, -0.05) is 45.3 Å². The van der Waals surface area contributed by atoms with E-state index < -0.39 is 19.8 Å². The molecule has 1 aromatic carbocycles. The van der Waals surface area contributed by atoms with Crippen molar-refractivity contribution in [2.45, 2.75) is 63.8 Å². The molecule has 206 valence electrons. The van der Waals surface area contributed by atoms with Crippen LogP contribution < -0.4 is 5.32 Å². The first-order valence-corrected chi connectivity index (χ1v) is 17.1. The Morgan fingerprint density at radius 3 is 2.63 bits per heavy atom. The van der Waals surface area contributed by atoms with Crippen LogP contribution in [0.4, 0.5) is 20.4 Å². The van der Waals surface area contributed by atoms with Gasteiger partial charge in [0.05, 0.1) is 19.2 Å². The van der Waals surface area contributed by atoms with Crippen molar-refractivity contribution in [1.82, 2.24) is 19.7 Å². The number of methoxy groups -OCH3 is 1. The molecule has 0 aliphatic carbocycles. The fourth-order valence-corrected chi connectivity index (χ4v) is 5.07. The molecule has 1 N–H and O–H groups in total. The maximum atomic E-state index is 14.7. The second kappa shape index (κ2) is 13.3. The number of carbonyl (C=O) groups excluding carboxylic acids is 1. The van der Waals surface area contributed by atoms with Gasteiger partial charge in [-0.15, -0.1) is 5.10 Å². The number of benzene rings is 1. The smallest absolute Gasteiger partial charge is 0.306 e. The lowest BCUT2D eigenvalue weighted by molar-refractivity contribution is -0.140. The van der Waals surface area contributed by atoms with E-state index in [1.54, 1.807) is 10.7 Å². The van der Waals surface area contributed by atoms with Crippen molar-refractivity contribution in [3.63, 3.8) is 0 Å². The number of esters is 1. The minimum absolute atomic E-state index is 0.0445. The summed E-state index contributed by atoms with van der Waals surface area (Å²) < 4.78 is 40.9. The first-order chi connectivity index (χ1) is 18.0. The predicted octanol–water partition coefficient (Wildman–Crippen LogP) is 6.45. The lowest BCUT2D eigenvalue weighted by Crippen LogP contribution is -2.22. The van der Waals surface area contributed by atoms with E-state index in [1.165, 1.54) is 43.3 Å². The van der Waals surface area contributed by atoms with Gasteiger partial charge >= 0.3 is 5.97 Å². The molecule has 0 atom stereocenters. The Kier molecular flexibility index (Phi) is 10.4. The average Bonchev–Trinajstić information content (AvgIpc) is 3.22. The van der Waals surface area contributed by atoms with E-state index in [0.29, 0.717) is 45.8 Å². The molecule has 0 spiro atoms. The zero-order chi connectivity index (χ0) is 27.9. The quantitative estimate of drug-likeness (QED) is 0.0834. The molecule has 8 nitrogen and oxygen atoms in total. The van der Waals surface area contributed by atoms with Crippen molar-refractivity contribution in [3.05, 3.63) is 47.8 Å². The second-order valence-electron chi connectivity index (χ2n) is 10.3. The summed E-state index contributed by atoms with van der Waals surface area (Å²) >= 11 is 1.32. The highest BCUT2D eigenvalue weighted by Crippen LogP contribution is 2.38. The maximum Gasteiger partial charge on any atom is 0.306 e. The number of pyridine rings is 1. The van der Waals surface area contributed by atoms with Gasteiger partial charge in [-0.05, 0) is 41.3 Å². The van der Waals surface area contributed by atoms with E-state index in [0.717, 1.165) is 6.04 Å². The fourth-order valence-electron chi connectivity index (χ4n) is 3.55. The van der Waals surface area contributed by atoms with Crippen molar-refractivity contribution in [2.24, 2.45) is 0 Å². The summed E-state index contributed by atoms with van der Waals surface area (Å²) in [6, 6.07) is 6.72. The Morgan fingerprint density at radius 1 is 1.21 bits per heavy atom. The molecule has 12 heteroatoms. The summed E-state index contributed by atoms with van der Waals surface area (Å²) in [5.74, 6) is -0.609. The van der Waals surface area contributed by atoms with Gasteiger partial charge in [0, 0.05) is 38.3 Å². The van der Waals surface area contributed by atoms with Crippen LogP contribution in [0.25, 0.3) is 11.1 Å². The van der Waals surface area contributed by atoms with Crippen molar-refractivity contribution in [3.8, 4) is 11.1 Å². The lowest BCUT2D eigenvalue weighted by atomic mass is 9.94. The van der Waals surface area contributed by atoms with Gasteiger partial charge in [-0.3, -0.25) is 4.79 Å². The lowest BCUT2D eigenvalue weighted by Gasteiger charge is -2.20. The number of nitrogens with one attached hydrogen (secondary N) is 1. The normalized spacial score (nSPS) is 11.7. The van der Waals surface area contributed by atoms with Crippen LogP contribution in [0, 0.1) is 11.8 Å². The van der Waals surface area contributed by atoms with Gasteiger partial charge in [0.2, 0.25) is 17.1 Å². The van der Waals surface area contributed by atoms with Gasteiger partial charge in [0.15, 0.2) is 0 Å². The first kappa shape index (κ1) is 29.7. The Hall–Kier alpha value is -2.83. The molecule has 38 heavy (non-hydrogen) atoms. The van der Waals surface area contributed by atoms with Crippen LogP contribution in [0.5, 0.6) is 0 Å². The third-order valence-corrected chi connectivity index (χ3v) is 8.20. The number of hydrogen-bond donors (Lipinski definition) is 1. The number of ether oxygens (including phenoxy) is 2. The molecular weight excluding hydrogens is 528 g/mol. The van der Waals surface area contributed by atoms with Crippen molar-refractivity contribution >= 4 is 37.4 Å². The zero-order valence-electron chi connectivity index (χ0n) is 22.7. The van der Waals surface area contributed by atoms with E-state index >= 15 is 0 Å². The first-order valence-electron chi connectivity index (χ1n) is 12.4. The molecule has 0 saturated heterocycles. The molecule has 3 rings (SSSR count). The van der Waals surface area contributed by atoms with Crippen LogP contribution in [0.3, 0.4) is 0 Å². The molecule has 0 fully saturated rings. The molecule has 0 aliphatic heterocycles. The number of hydrogen-bond acceptors (Lipinski definition) is 8. The van der Waals surface area contributed by atoms with Crippen LogP contribution >= 0.6 is 11.8 Å². The van der Waals surface area contributed by atoms with E-state index in [1.807, 2.05) is 13.8 Å². The van der Waals surface area contributed by atoms with E-state index in [9.17, 15) is 13.6 Å². The fraction of sp³-hybridized carbons (Fsp3) is 0.462. The van der Waals surface area contributed by atoms with Crippen LogP contribution in [-0.2, 0) is 21.0 Å². The third-order valence-electron chi connectivity index (χ3n) is 5.66. The number of thioether (sulfide) groups is 1. The van der Waals surface area contributed by atoms with Crippen LogP contribution in [0.1, 0.15) is 31.7 Å². The van der Waals surface area contributed by atoms with E-state index in [2.05, 4.69) is 40.0 Å². The van der Waals surface area contributed by atoms with Gasteiger partial charge in [0.1, 0.15) is 12.5 Å². The van der Waals surface area contributed by atoms with Crippen molar-refractivity contribution in [2.75, 3.05) is 24.8 Å². The van der Waals surface area contributed by atoms with Crippen LogP contribution in [0.2, 0.25) is 25.7 Å².